The largest absolute Gasteiger partial charge is 0.103 e. The Balaban J connectivity index is 3.05. The van der Waals surface area contributed by atoms with Gasteiger partial charge in [-0.2, -0.15) is 0 Å². The second-order valence-corrected chi connectivity index (χ2v) is 4.45. The third kappa shape index (κ3) is 2.43. The average Bonchev–Trinajstić information content (AvgIpc) is 1.99. The molecule has 0 N–H and O–H groups in total. The molecule has 0 radical (unpaired) electrons. The van der Waals surface area contributed by atoms with Crippen LogP contribution in [0.2, 0.25) is 0 Å². The van der Waals surface area contributed by atoms with E-state index in [-0.39, 0.29) is 0 Å². The van der Waals surface area contributed by atoms with Gasteiger partial charge in [-0.25, -0.2) is 0 Å². The van der Waals surface area contributed by atoms with E-state index in [1.807, 2.05) is 6.08 Å². The summed E-state index contributed by atoms with van der Waals surface area (Å²) in [6.07, 6.45) is 2.91. The molecule has 0 saturated carbocycles. The second kappa shape index (κ2) is 4.45. The summed E-state index contributed by atoms with van der Waals surface area (Å²) < 4.78 is 2.67. The summed E-state index contributed by atoms with van der Waals surface area (Å²) >= 11 is 4.72. The minimum Gasteiger partial charge on any atom is -0.103 e. The molecule has 0 heterocycles. The minimum atomic E-state index is 0.967. The number of halogens is 2. The van der Waals surface area contributed by atoms with Crippen LogP contribution in [0.15, 0.2) is 30.9 Å². The van der Waals surface area contributed by atoms with E-state index in [1.54, 1.807) is 0 Å². The van der Waals surface area contributed by atoms with Crippen molar-refractivity contribution in [2.45, 2.75) is 6.42 Å². The Hall–Kier alpha value is 0.420. The van der Waals surface area contributed by atoms with Gasteiger partial charge in [0.05, 0.1) is 0 Å². The maximum absolute atomic E-state index is 3.72. The Morgan fingerprint density at radius 1 is 1.36 bits per heavy atom. The van der Waals surface area contributed by atoms with Gasteiger partial charge in [0.25, 0.3) is 0 Å². The molecule has 1 rings (SSSR count). The van der Waals surface area contributed by atoms with Crippen LogP contribution in [0.3, 0.4) is 0 Å². The van der Waals surface area contributed by atoms with Gasteiger partial charge in [0.1, 0.15) is 0 Å². The van der Waals surface area contributed by atoms with Crippen molar-refractivity contribution < 1.29 is 0 Å². The van der Waals surface area contributed by atoms with Crippen molar-refractivity contribution in [2.75, 3.05) is 0 Å². The normalized spacial score (nSPS) is 9.64. The van der Waals surface area contributed by atoms with Gasteiger partial charge < -0.3 is 0 Å². The molecule has 0 aliphatic rings. The first-order valence-corrected chi connectivity index (χ1v) is 5.45. The number of rotatable bonds is 2. The van der Waals surface area contributed by atoms with E-state index in [9.17, 15) is 0 Å². The highest BCUT2D eigenvalue weighted by Crippen LogP contribution is 2.19. The van der Waals surface area contributed by atoms with Crippen LogP contribution in [0.4, 0.5) is 0 Å². The summed E-state index contributed by atoms with van der Waals surface area (Å²) in [5.74, 6) is 0. The molecule has 1 aromatic rings. The molecule has 0 aliphatic carbocycles. The standard InChI is InChI=1S/C9H8I2/c1-2-4-7-5-3-6-8(10)9(7)11/h2-3,5-6H,1,4H2. The maximum Gasteiger partial charge on any atom is 0.0299 e. The highest BCUT2D eigenvalue weighted by atomic mass is 127. The lowest BCUT2D eigenvalue weighted by Crippen LogP contribution is -1.88. The maximum atomic E-state index is 3.72. The van der Waals surface area contributed by atoms with Gasteiger partial charge in [0.2, 0.25) is 0 Å². The molecule has 0 unspecified atom stereocenters. The van der Waals surface area contributed by atoms with E-state index in [1.165, 1.54) is 12.7 Å². The predicted molar refractivity (Wildman–Crippen MR) is 65.8 cm³/mol. The summed E-state index contributed by atoms with van der Waals surface area (Å²) in [6, 6.07) is 6.35. The fourth-order valence-electron chi connectivity index (χ4n) is 0.862. The fraction of sp³-hybridized carbons (Fsp3) is 0.111. The summed E-state index contributed by atoms with van der Waals surface area (Å²) in [5, 5.41) is 0. The van der Waals surface area contributed by atoms with Crippen molar-refractivity contribution in [3.63, 3.8) is 0 Å². The molecule has 0 saturated heterocycles. The lowest BCUT2D eigenvalue weighted by molar-refractivity contribution is 1.24. The Labute approximate surface area is 94.4 Å². The molecular weight excluding hydrogens is 362 g/mol. The fourth-order valence-corrected chi connectivity index (χ4v) is 2.00. The number of allylic oxidation sites excluding steroid dienone is 1. The molecule has 11 heavy (non-hydrogen) atoms. The topological polar surface area (TPSA) is 0 Å². The second-order valence-electron chi connectivity index (χ2n) is 2.21. The Kier molecular flexibility index (Phi) is 3.84. The lowest BCUT2D eigenvalue weighted by atomic mass is 10.2. The Bertz CT molecular complexity index is 266. The first-order valence-electron chi connectivity index (χ1n) is 3.29. The van der Waals surface area contributed by atoms with Crippen LogP contribution in [-0.2, 0) is 6.42 Å². The molecule has 0 aromatic heterocycles. The van der Waals surface area contributed by atoms with Crippen LogP contribution < -0.4 is 0 Å². The molecule has 0 amide bonds. The van der Waals surface area contributed by atoms with E-state index in [0.717, 1.165) is 6.42 Å². The van der Waals surface area contributed by atoms with E-state index < -0.39 is 0 Å². The van der Waals surface area contributed by atoms with Gasteiger partial charge in [-0.15, -0.1) is 6.58 Å². The zero-order valence-electron chi connectivity index (χ0n) is 5.98. The smallest absolute Gasteiger partial charge is 0.0299 e. The first-order chi connectivity index (χ1) is 5.25. The summed E-state index contributed by atoms with van der Waals surface area (Å²) in [7, 11) is 0. The van der Waals surface area contributed by atoms with E-state index in [2.05, 4.69) is 70.0 Å². The predicted octanol–water partition coefficient (Wildman–Crippen LogP) is 3.62. The van der Waals surface area contributed by atoms with Crippen molar-refractivity contribution in [1.82, 2.24) is 0 Å². The number of benzene rings is 1. The van der Waals surface area contributed by atoms with Crippen LogP contribution >= 0.6 is 45.2 Å². The molecular formula is C9H8I2. The van der Waals surface area contributed by atoms with E-state index in [4.69, 9.17) is 0 Å². The highest BCUT2D eigenvalue weighted by molar-refractivity contribution is 14.1. The van der Waals surface area contributed by atoms with Crippen molar-refractivity contribution in [3.8, 4) is 0 Å². The molecule has 0 fully saturated rings. The Morgan fingerprint density at radius 2 is 2.09 bits per heavy atom. The summed E-state index contributed by atoms with van der Waals surface area (Å²) in [6.45, 7) is 3.72. The number of hydrogen-bond acceptors (Lipinski definition) is 0. The van der Waals surface area contributed by atoms with Crippen LogP contribution in [-0.4, -0.2) is 0 Å². The van der Waals surface area contributed by atoms with Crippen LogP contribution in [0.5, 0.6) is 0 Å². The van der Waals surface area contributed by atoms with Crippen molar-refractivity contribution >= 4 is 45.2 Å². The summed E-state index contributed by atoms with van der Waals surface area (Å²) in [5.41, 5.74) is 1.37. The van der Waals surface area contributed by atoms with Crippen LogP contribution in [0.1, 0.15) is 5.56 Å². The Morgan fingerprint density at radius 3 is 2.73 bits per heavy atom. The first kappa shape index (κ1) is 9.51. The van der Waals surface area contributed by atoms with Gasteiger partial charge in [0, 0.05) is 7.14 Å². The van der Waals surface area contributed by atoms with Crippen molar-refractivity contribution in [1.29, 1.82) is 0 Å². The zero-order chi connectivity index (χ0) is 8.27. The minimum absolute atomic E-state index is 0.967. The molecule has 2 heteroatoms. The molecule has 0 nitrogen and oxygen atoms in total. The van der Waals surface area contributed by atoms with Crippen LogP contribution in [0.25, 0.3) is 0 Å². The van der Waals surface area contributed by atoms with Gasteiger partial charge in [-0.05, 0) is 63.2 Å². The monoisotopic (exact) mass is 370 g/mol. The summed E-state index contributed by atoms with van der Waals surface area (Å²) in [4.78, 5) is 0. The quantitative estimate of drug-likeness (QED) is 0.551. The van der Waals surface area contributed by atoms with Crippen molar-refractivity contribution in [3.05, 3.63) is 43.6 Å². The highest BCUT2D eigenvalue weighted by Gasteiger charge is 1.99. The van der Waals surface area contributed by atoms with E-state index in [0.29, 0.717) is 0 Å². The van der Waals surface area contributed by atoms with Gasteiger partial charge in [-0.1, -0.05) is 18.2 Å². The lowest BCUT2D eigenvalue weighted by Gasteiger charge is -2.01. The molecule has 0 spiro atoms. The molecule has 1 aromatic carbocycles. The number of hydrogen-bond donors (Lipinski definition) is 0. The van der Waals surface area contributed by atoms with Gasteiger partial charge in [0.15, 0.2) is 0 Å². The molecule has 0 bridgehead atoms. The average molecular weight is 370 g/mol. The van der Waals surface area contributed by atoms with Gasteiger partial charge in [-0.3, -0.25) is 0 Å². The van der Waals surface area contributed by atoms with Crippen molar-refractivity contribution in [2.24, 2.45) is 0 Å². The molecule has 0 atom stereocenters. The van der Waals surface area contributed by atoms with Crippen LogP contribution in [0, 0.1) is 7.14 Å². The molecule has 58 valence electrons. The zero-order valence-corrected chi connectivity index (χ0v) is 10.3. The van der Waals surface area contributed by atoms with E-state index >= 15 is 0 Å². The third-order valence-corrected chi connectivity index (χ3v) is 4.60. The SMILES string of the molecule is C=CCc1cccc(I)c1I. The third-order valence-electron chi connectivity index (χ3n) is 1.40. The van der Waals surface area contributed by atoms with Gasteiger partial charge >= 0.3 is 0 Å². The molecule has 0 aliphatic heterocycles.